The number of rotatable bonds is 4. The Balaban J connectivity index is 3.20. The molecule has 2 unspecified atom stereocenters. The van der Waals surface area contributed by atoms with Gasteiger partial charge < -0.3 is 16.2 Å². The second-order valence-corrected chi connectivity index (χ2v) is 4.88. The quantitative estimate of drug-likeness (QED) is 0.843. The van der Waals surface area contributed by atoms with Crippen LogP contribution in [0.25, 0.3) is 0 Å². The van der Waals surface area contributed by atoms with Gasteiger partial charge in [-0.05, 0) is 62.4 Å². The molecule has 0 aromatic heterocycles. The van der Waals surface area contributed by atoms with Crippen molar-refractivity contribution >= 4 is 0 Å². The predicted octanol–water partition coefficient (Wildman–Crippen LogP) is 2.36. The van der Waals surface area contributed by atoms with Crippen LogP contribution in [0, 0.1) is 20.8 Å². The summed E-state index contributed by atoms with van der Waals surface area (Å²) in [5.41, 5.74) is 16.8. The molecule has 0 heterocycles. The third-order valence-corrected chi connectivity index (χ3v) is 3.32. The third-order valence-electron chi connectivity index (χ3n) is 3.32. The van der Waals surface area contributed by atoms with Crippen LogP contribution in [0.4, 0.5) is 0 Å². The monoisotopic (exact) mass is 236 g/mol. The minimum absolute atomic E-state index is 0.000365. The van der Waals surface area contributed by atoms with Gasteiger partial charge in [-0.3, -0.25) is 0 Å². The molecule has 0 radical (unpaired) electrons. The largest absolute Gasteiger partial charge is 0.496 e. The highest BCUT2D eigenvalue weighted by Gasteiger charge is 2.17. The second kappa shape index (κ2) is 5.52. The fourth-order valence-electron chi connectivity index (χ4n) is 2.37. The van der Waals surface area contributed by atoms with E-state index in [0.717, 1.165) is 17.7 Å². The molecule has 2 atom stereocenters. The molecule has 0 amide bonds. The Morgan fingerprint density at radius 2 is 1.76 bits per heavy atom. The average Bonchev–Trinajstić information content (AvgIpc) is 2.22. The molecule has 0 saturated heterocycles. The van der Waals surface area contributed by atoms with Gasteiger partial charge in [-0.1, -0.05) is 0 Å². The number of benzene rings is 1. The number of aryl methyl sites for hydroxylation is 1. The molecule has 3 heteroatoms. The number of hydrogen-bond acceptors (Lipinski definition) is 3. The zero-order valence-corrected chi connectivity index (χ0v) is 11.5. The lowest BCUT2D eigenvalue weighted by atomic mass is 9.90. The van der Waals surface area contributed by atoms with Gasteiger partial charge >= 0.3 is 0 Å². The Morgan fingerprint density at radius 3 is 2.24 bits per heavy atom. The first-order chi connectivity index (χ1) is 7.88. The molecule has 3 nitrogen and oxygen atoms in total. The second-order valence-electron chi connectivity index (χ2n) is 4.88. The van der Waals surface area contributed by atoms with E-state index in [2.05, 4.69) is 26.8 Å². The number of ether oxygens (including phenoxy) is 1. The van der Waals surface area contributed by atoms with Crippen molar-refractivity contribution in [2.45, 2.75) is 46.2 Å². The van der Waals surface area contributed by atoms with Crippen molar-refractivity contribution in [3.8, 4) is 5.75 Å². The summed E-state index contributed by atoms with van der Waals surface area (Å²) in [5, 5.41) is 0. The summed E-state index contributed by atoms with van der Waals surface area (Å²) >= 11 is 0. The number of methoxy groups -OCH3 is 1. The molecule has 0 bridgehead atoms. The summed E-state index contributed by atoms with van der Waals surface area (Å²) in [4.78, 5) is 0. The van der Waals surface area contributed by atoms with Gasteiger partial charge in [0.25, 0.3) is 0 Å². The van der Waals surface area contributed by atoms with Gasteiger partial charge in [0, 0.05) is 12.1 Å². The fraction of sp³-hybridized carbons (Fsp3) is 0.571. The van der Waals surface area contributed by atoms with E-state index in [9.17, 15) is 0 Å². The van der Waals surface area contributed by atoms with Crippen molar-refractivity contribution in [3.05, 3.63) is 28.3 Å². The smallest absolute Gasteiger partial charge is 0.122 e. The highest BCUT2D eigenvalue weighted by Crippen LogP contribution is 2.31. The van der Waals surface area contributed by atoms with Crippen molar-refractivity contribution in [3.63, 3.8) is 0 Å². The van der Waals surface area contributed by atoms with Crippen molar-refractivity contribution < 1.29 is 4.74 Å². The summed E-state index contributed by atoms with van der Waals surface area (Å²) in [6.07, 6.45) is 0.799. The van der Waals surface area contributed by atoms with Crippen LogP contribution in [-0.2, 0) is 0 Å². The maximum Gasteiger partial charge on any atom is 0.122 e. The molecule has 0 aliphatic heterocycles. The minimum atomic E-state index is -0.000365. The number of hydrogen-bond donors (Lipinski definition) is 2. The van der Waals surface area contributed by atoms with Crippen molar-refractivity contribution in [1.82, 2.24) is 0 Å². The van der Waals surface area contributed by atoms with Gasteiger partial charge in [0.05, 0.1) is 7.11 Å². The van der Waals surface area contributed by atoms with Crippen molar-refractivity contribution in [2.24, 2.45) is 11.5 Å². The molecule has 1 rings (SSSR count). The molecule has 0 aliphatic carbocycles. The van der Waals surface area contributed by atoms with Crippen molar-refractivity contribution in [1.29, 1.82) is 0 Å². The summed E-state index contributed by atoms with van der Waals surface area (Å²) in [6, 6.07) is 2.17. The highest BCUT2D eigenvalue weighted by molar-refractivity contribution is 5.49. The molecular formula is C14H24N2O. The number of nitrogens with two attached hydrogens (primary N) is 2. The van der Waals surface area contributed by atoms with E-state index < -0.39 is 0 Å². The average molecular weight is 236 g/mol. The topological polar surface area (TPSA) is 61.3 Å². The van der Waals surface area contributed by atoms with Crippen LogP contribution in [0.15, 0.2) is 6.07 Å². The molecule has 0 spiro atoms. The van der Waals surface area contributed by atoms with Crippen LogP contribution in [-0.4, -0.2) is 13.2 Å². The van der Waals surface area contributed by atoms with Crippen LogP contribution < -0.4 is 16.2 Å². The van der Waals surface area contributed by atoms with Crippen LogP contribution in [0.2, 0.25) is 0 Å². The summed E-state index contributed by atoms with van der Waals surface area (Å²) < 4.78 is 5.36. The normalized spacial score (nSPS) is 14.5. The molecule has 4 N–H and O–H groups in total. The lowest BCUT2D eigenvalue weighted by Crippen LogP contribution is -2.24. The van der Waals surface area contributed by atoms with Crippen LogP contribution in [0.1, 0.15) is 41.6 Å². The fourth-order valence-corrected chi connectivity index (χ4v) is 2.37. The molecule has 0 saturated carbocycles. The van der Waals surface area contributed by atoms with E-state index in [1.807, 2.05) is 6.92 Å². The molecule has 1 aromatic rings. The zero-order valence-electron chi connectivity index (χ0n) is 11.5. The molecule has 0 fully saturated rings. The Bertz CT molecular complexity index is 400. The molecule has 96 valence electrons. The molecule has 17 heavy (non-hydrogen) atoms. The van der Waals surface area contributed by atoms with Crippen LogP contribution >= 0.6 is 0 Å². The molecule has 0 aliphatic rings. The standard InChI is InChI=1S/C14H24N2O/c1-8-6-13(17-5)10(3)11(4)14(8)12(16)7-9(2)15/h6,9,12H,7,15-16H2,1-5H3. The maximum atomic E-state index is 6.24. The van der Waals surface area contributed by atoms with E-state index in [1.165, 1.54) is 16.7 Å². The SMILES string of the molecule is COc1cc(C)c(C(N)CC(C)N)c(C)c1C. The Morgan fingerprint density at radius 1 is 1.18 bits per heavy atom. The van der Waals surface area contributed by atoms with Gasteiger partial charge in [0.15, 0.2) is 0 Å². The van der Waals surface area contributed by atoms with E-state index in [0.29, 0.717) is 0 Å². The maximum absolute atomic E-state index is 6.24. The van der Waals surface area contributed by atoms with Gasteiger partial charge in [-0.25, -0.2) is 0 Å². The third kappa shape index (κ3) is 2.99. The van der Waals surface area contributed by atoms with E-state index >= 15 is 0 Å². The first kappa shape index (κ1) is 14.0. The predicted molar refractivity (Wildman–Crippen MR) is 72.4 cm³/mol. The molecule has 1 aromatic carbocycles. The summed E-state index contributed by atoms with van der Waals surface area (Å²) in [7, 11) is 1.70. The lowest BCUT2D eigenvalue weighted by Gasteiger charge is -2.22. The Hall–Kier alpha value is -1.06. The van der Waals surface area contributed by atoms with Gasteiger partial charge in [-0.2, -0.15) is 0 Å². The van der Waals surface area contributed by atoms with Gasteiger partial charge in [0.2, 0.25) is 0 Å². The Labute approximate surface area is 104 Å². The van der Waals surface area contributed by atoms with E-state index in [4.69, 9.17) is 16.2 Å². The zero-order chi connectivity index (χ0) is 13.2. The van der Waals surface area contributed by atoms with Crippen LogP contribution in [0.3, 0.4) is 0 Å². The molecular weight excluding hydrogens is 212 g/mol. The van der Waals surface area contributed by atoms with Crippen molar-refractivity contribution in [2.75, 3.05) is 7.11 Å². The van der Waals surface area contributed by atoms with Crippen LogP contribution in [0.5, 0.6) is 5.75 Å². The highest BCUT2D eigenvalue weighted by atomic mass is 16.5. The van der Waals surface area contributed by atoms with Gasteiger partial charge in [-0.15, -0.1) is 0 Å². The summed E-state index contributed by atoms with van der Waals surface area (Å²) in [5.74, 6) is 0.928. The first-order valence-electron chi connectivity index (χ1n) is 6.04. The van der Waals surface area contributed by atoms with Gasteiger partial charge in [0.1, 0.15) is 5.75 Å². The lowest BCUT2D eigenvalue weighted by molar-refractivity contribution is 0.410. The Kier molecular flexibility index (Phi) is 4.54. The first-order valence-corrected chi connectivity index (χ1v) is 6.04. The minimum Gasteiger partial charge on any atom is -0.496 e. The summed E-state index contributed by atoms with van der Waals surface area (Å²) in [6.45, 7) is 8.23. The van der Waals surface area contributed by atoms with E-state index in [1.54, 1.807) is 7.11 Å². The van der Waals surface area contributed by atoms with E-state index in [-0.39, 0.29) is 12.1 Å².